The molecular formula is C15H23NO3. The number of benzene rings is 1. The van der Waals surface area contributed by atoms with Crippen LogP contribution >= 0.6 is 0 Å². The topological polar surface area (TPSA) is 64.7 Å². The van der Waals surface area contributed by atoms with E-state index in [-0.39, 0.29) is 6.10 Å². The first-order chi connectivity index (χ1) is 8.81. The van der Waals surface area contributed by atoms with Gasteiger partial charge < -0.3 is 9.84 Å². The fourth-order valence-corrected chi connectivity index (χ4v) is 2.70. The second kappa shape index (κ2) is 4.69. The number of hydrogen-bond acceptors (Lipinski definition) is 4. The highest BCUT2D eigenvalue weighted by atomic mass is 16.6. The van der Waals surface area contributed by atoms with Gasteiger partial charge in [0.15, 0.2) is 0 Å². The minimum absolute atomic E-state index is 0.186. The van der Waals surface area contributed by atoms with Crippen LogP contribution < -0.4 is 10.6 Å². The zero-order valence-corrected chi connectivity index (χ0v) is 12.3. The van der Waals surface area contributed by atoms with Crippen LogP contribution in [0, 0.1) is 20.8 Å². The Balaban J connectivity index is 2.52. The molecule has 1 heterocycles. The number of nitrogens with two attached hydrogens (primary N) is 1. The van der Waals surface area contributed by atoms with E-state index in [0.717, 1.165) is 40.8 Å². The van der Waals surface area contributed by atoms with Crippen LogP contribution in [0.25, 0.3) is 0 Å². The maximum Gasteiger partial charge on any atom is 0.134 e. The Morgan fingerprint density at radius 2 is 1.89 bits per heavy atom. The van der Waals surface area contributed by atoms with Crippen molar-refractivity contribution in [3.63, 3.8) is 0 Å². The van der Waals surface area contributed by atoms with E-state index < -0.39 is 5.60 Å². The summed E-state index contributed by atoms with van der Waals surface area (Å²) in [5.41, 5.74) is 3.46. The Hall–Kier alpha value is -1.26. The molecule has 1 aliphatic heterocycles. The molecule has 3 N–H and O–H groups in total. The van der Waals surface area contributed by atoms with Crippen LogP contribution in [0.2, 0.25) is 0 Å². The molecule has 4 heteroatoms. The Labute approximate surface area is 114 Å². The molecule has 1 aromatic carbocycles. The zero-order chi connectivity index (χ0) is 14.4. The molecule has 106 valence electrons. The first-order valence-corrected chi connectivity index (χ1v) is 6.68. The van der Waals surface area contributed by atoms with Crippen molar-refractivity contribution in [2.75, 3.05) is 0 Å². The van der Waals surface area contributed by atoms with Crippen LogP contribution in [-0.4, -0.2) is 16.8 Å². The van der Waals surface area contributed by atoms with Gasteiger partial charge in [-0.15, -0.1) is 0 Å². The number of phenolic OH excluding ortho intramolecular Hbond substituents is 1. The van der Waals surface area contributed by atoms with Crippen molar-refractivity contribution in [1.82, 2.24) is 0 Å². The average Bonchev–Trinajstić information content (AvgIpc) is 2.41. The Bertz CT molecular complexity index is 513. The standard InChI is InChI=1S/C15H23NO3/c1-8-9(2)14-12(10(3)13(8)17)6-7-15(5,18-14)11(4)19-16/h11,17H,6-7,16H2,1-5H3. The molecule has 0 amide bonds. The highest BCUT2D eigenvalue weighted by molar-refractivity contribution is 5.58. The molecule has 2 atom stereocenters. The van der Waals surface area contributed by atoms with Gasteiger partial charge in [0.25, 0.3) is 0 Å². The van der Waals surface area contributed by atoms with Gasteiger partial charge in [-0.1, -0.05) is 0 Å². The smallest absolute Gasteiger partial charge is 0.134 e. The average molecular weight is 265 g/mol. The lowest BCUT2D eigenvalue weighted by Gasteiger charge is -2.40. The molecule has 0 bridgehead atoms. The lowest BCUT2D eigenvalue weighted by Crippen LogP contribution is -2.48. The number of ether oxygens (including phenoxy) is 1. The van der Waals surface area contributed by atoms with Crippen molar-refractivity contribution in [3.05, 3.63) is 22.3 Å². The van der Waals surface area contributed by atoms with Gasteiger partial charge in [-0.05, 0) is 64.2 Å². The summed E-state index contributed by atoms with van der Waals surface area (Å²) in [7, 11) is 0. The SMILES string of the molecule is Cc1c(C)c2c(c(C)c1O)CCC(C)(C(C)ON)O2. The first-order valence-electron chi connectivity index (χ1n) is 6.68. The summed E-state index contributed by atoms with van der Waals surface area (Å²) in [4.78, 5) is 4.96. The molecule has 4 nitrogen and oxygen atoms in total. The minimum Gasteiger partial charge on any atom is -0.507 e. The number of aromatic hydroxyl groups is 1. The van der Waals surface area contributed by atoms with Crippen molar-refractivity contribution >= 4 is 0 Å². The molecule has 2 unspecified atom stereocenters. The van der Waals surface area contributed by atoms with Crippen LogP contribution in [0.4, 0.5) is 0 Å². The van der Waals surface area contributed by atoms with Gasteiger partial charge in [-0.3, -0.25) is 4.84 Å². The highest BCUT2D eigenvalue weighted by Gasteiger charge is 2.39. The molecule has 1 aliphatic rings. The minimum atomic E-state index is -0.428. The summed E-state index contributed by atoms with van der Waals surface area (Å²) in [6.07, 6.45) is 1.50. The second-order valence-electron chi connectivity index (χ2n) is 5.72. The second-order valence-corrected chi connectivity index (χ2v) is 5.72. The van der Waals surface area contributed by atoms with Crippen molar-refractivity contribution in [2.45, 2.75) is 59.2 Å². The van der Waals surface area contributed by atoms with E-state index in [1.165, 1.54) is 0 Å². The molecule has 0 aromatic heterocycles. The largest absolute Gasteiger partial charge is 0.507 e. The summed E-state index contributed by atoms with van der Waals surface area (Å²) in [6, 6.07) is 0. The molecule has 0 saturated heterocycles. The van der Waals surface area contributed by atoms with Crippen LogP contribution in [0.5, 0.6) is 11.5 Å². The predicted octanol–water partition coefficient (Wildman–Crippen LogP) is 2.68. The van der Waals surface area contributed by atoms with Crippen molar-refractivity contribution in [2.24, 2.45) is 5.90 Å². The van der Waals surface area contributed by atoms with Gasteiger partial charge in [0.05, 0.1) is 0 Å². The molecular weight excluding hydrogens is 242 g/mol. The number of hydrogen-bond donors (Lipinski definition) is 2. The first kappa shape index (κ1) is 14.2. The van der Waals surface area contributed by atoms with E-state index in [2.05, 4.69) is 0 Å². The van der Waals surface area contributed by atoms with Crippen molar-refractivity contribution in [1.29, 1.82) is 0 Å². The molecule has 19 heavy (non-hydrogen) atoms. The van der Waals surface area contributed by atoms with Gasteiger partial charge >= 0.3 is 0 Å². The Morgan fingerprint density at radius 3 is 2.47 bits per heavy atom. The molecule has 1 aromatic rings. The Kier molecular flexibility index (Phi) is 3.49. The molecule has 0 saturated carbocycles. The van der Waals surface area contributed by atoms with Crippen LogP contribution in [0.1, 0.15) is 42.5 Å². The maximum absolute atomic E-state index is 10.1. The van der Waals surface area contributed by atoms with Gasteiger partial charge in [0.2, 0.25) is 0 Å². The van der Waals surface area contributed by atoms with Crippen molar-refractivity contribution in [3.8, 4) is 11.5 Å². The molecule has 2 rings (SSSR count). The molecule has 0 aliphatic carbocycles. The van der Waals surface area contributed by atoms with Crippen LogP contribution in [-0.2, 0) is 11.3 Å². The Morgan fingerprint density at radius 1 is 1.26 bits per heavy atom. The van der Waals surface area contributed by atoms with Crippen molar-refractivity contribution < 1.29 is 14.7 Å². The summed E-state index contributed by atoms with van der Waals surface area (Å²) in [5.74, 6) is 6.57. The number of rotatable bonds is 2. The third-order valence-electron chi connectivity index (χ3n) is 4.61. The summed E-state index contributed by atoms with van der Waals surface area (Å²) in [5, 5.41) is 10.1. The lowest BCUT2D eigenvalue weighted by molar-refractivity contribution is -0.0854. The fraction of sp³-hybridized carbons (Fsp3) is 0.600. The van der Waals surface area contributed by atoms with Gasteiger partial charge in [-0.2, -0.15) is 0 Å². The summed E-state index contributed by atoms with van der Waals surface area (Å²) >= 11 is 0. The van der Waals surface area contributed by atoms with E-state index >= 15 is 0 Å². The zero-order valence-electron chi connectivity index (χ0n) is 12.3. The van der Waals surface area contributed by atoms with E-state index in [0.29, 0.717) is 5.75 Å². The van der Waals surface area contributed by atoms with E-state index in [9.17, 15) is 5.11 Å². The predicted molar refractivity (Wildman–Crippen MR) is 74.4 cm³/mol. The van der Waals surface area contributed by atoms with E-state index in [1.54, 1.807) is 0 Å². The quantitative estimate of drug-likeness (QED) is 0.807. The number of phenols is 1. The van der Waals surface area contributed by atoms with E-state index in [4.69, 9.17) is 15.5 Å². The van der Waals surface area contributed by atoms with Crippen LogP contribution in [0.3, 0.4) is 0 Å². The van der Waals surface area contributed by atoms with E-state index in [1.807, 2.05) is 34.6 Å². The van der Waals surface area contributed by atoms with Gasteiger partial charge in [0, 0.05) is 5.56 Å². The molecule has 0 spiro atoms. The van der Waals surface area contributed by atoms with Gasteiger partial charge in [0.1, 0.15) is 23.2 Å². The third-order valence-corrected chi connectivity index (χ3v) is 4.61. The third kappa shape index (κ3) is 2.09. The highest BCUT2D eigenvalue weighted by Crippen LogP contribution is 2.44. The lowest BCUT2D eigenvalue weighted by atomic mass is 9.85. The fourth-order valence-electron chi connectivity index (χ4n) is 2.70. The summed E-state index contributed by atoms with van der Waals surface area (Å²) in [6.45, 7) is 9.77. The normalized spacial score (nSPS) is 23.7. The molecule has 0 fully saturated rings. The maximum atomic E-state index is 10.1. The summed E-state index contributed by atoms with van der Waals surface area (Å²) < 4.78 is 6.20. The van der Waals surface area contributed by atoms with Gasteiger partial charge in [-0.25, -0.2) is 5.90 Å². The molecule has 0 radical (unpaired) electrons. The monoisotopic (exact) mass is 265 g/mol. The van der Waals surface area contributed by atoms with Crippen LogP contribution in [0.15, 0.2) is 0 Å². The number of fused-ring (bicyclic) bond motifs is 1.